The van der Waals surface area contributed by atoms with Gasteiger partial charge in [0.15, 0.2) is 0 Å². The summed E-state index contributed by atoms with van der Waals surface area (Å²) in [5, 5.41) is 5.63. The van der Waals surface area contributed by atoms with Gasteiger partial charge in [0.2, 0.25) is 5.91 Å². The van der Waals surface area contributed by atoms with Gasteiger partial charge in [-0.2, -0.15) is 0 Å². The Morgan fingerprint density at radius 2 is 2.17 bits per heavy atom. The highest BCUT2D eigenvalue weighted by Crippen LogP contribution is 2.16. The van der Waals surface area contributed by atoms with Crippen molar-refractivity contribution < 1.29 is 19.1 Å². The van der Waals surface area contributed by atoms with Gasteiger partial charge in [-0.1, -0.05) is 12.1 Å². The molecule has 23 heavy (non-hydrogen) atoms. The van der Waals surface area contributed by atoms with Crippen molar-refractivity contribution in [3.63, 3.8) is 0 Å². The SMILES string of the molecule is CCOCCC(=O)Nc1ccccc1C(=O)NCC1CCCO1. The summed E-state index contributed by atoms with van der Waals surface area (Å²) < 4.78 is 10.7. The molecule has 1 aromatic rings. The number of para-hydroxylation sites is 1. The molecular weight excluding hydrogens is 296 g/mol. The molecule has 0 saturated carbocycles. The molecule has 1 heterocycles. The quantitative estimate of drug-likeness (QED) is 0.718. The predicted molar refractivity (Wildman–Crippen MR) is 87.5 cm³/mol. The number of hydrogen-bond acceptors (Lipinski definition) is 4. The summed E-state index contributed by atoms with van der Waals surface area (Å²) in [6.07, 6.45) is 2.36. The van der Waals surface area contributed by atoms with Crippen LogP contribution in [0.15, 0.2) is 24.3 Å². The molecule has 1 aliphatic heterocycles. The lowest BCUT2D eigenvalue weighted by atomic mass is 10.1. The zero-order chi connectivity index (χ0) is 16.5. The Morgan fingerprint density at radius 3 is 2.91 bits per heavy atom. The lowest BCUT2D eigenvalue weighted by Gasteiger charge is -2.13. The predicted octanol–water partition coefficient (Wildman–Crippen LogP) is 1.96. The fourth-order valence-electron chi connectivity index (χ4n) is 2.42. The molecule has 1 atom stereocenters. The van der Waals surface area contributed by atoms with E-state index in [2.05, 4.69) is 10.6 Å². The first-order valence-corrected chi connectivity index (χ1v) is 8.07. The van der Waals surface area contributed by atoms with Gasteiger partial charge in [0.05, 0.1) is 30.4 Å². The van der Waals surface area contributed by atoms with E-state index in [0.29, 0.717) is 31.0 Å². The van der Waals surface area contributed by atoms with Crippen molar-refractivity contribution in [1.82, 2.24) is 5.32 Å². The van der Waals surface area contributed by atoms with Crippen LogP contribution in [0.1, 0.15) is 36.5 Å². The van der Waals surface area contributed by atoms with Gasteiger partial charge in [-0.25, -0.2) is 0 Å². The molecule has 1 unspecified atom stereocenters. The van der Waals surface area contributed by atoms with Crippen LogP contribution in [-0.4, -0.2) is 44.3 Å². The van der Waals surface area contributed by atoms with Crippen LogP contribution >= 0.6 is 0 Å². The molecule has 2 amide bonds. The Kier molecular flexibility index (Phi) is 7.03. The number of carbonyl (C=O) groups is 2. The second-order valence-electron chi connectivity index (χ2n) is 5.39. The van der Waals surface area contributed by atoms with Crippen molar-refractivity contribution in [2.24, 2.45) is 0 Å². The molecule has 2 N–H and O–H groups in total. The first kappa shape index (κ1) is 17.4. The Balaban J connectivity index is 1.90. The third kappa shape index (κ3) is 5.65. The second kappa shape index (κ2) is 9.27. The molecule has 0 bridgehead atoms. The van der Waals surface area contributed by atoms with E-state index in [0.717, 1.165) is 19.4 Å². The molecule has 1 aliphatic rings. The molecule has 1 saturated heterocycles. The van der Waals surface area contributed by atoms with Crippen LogP contribution in [0.25, 0.3) is 0 Å². The van der Waals surface area contributed by atoms with Crippen LogP contribution in [0, 0.1) is 0 Å². The van der Waals surface area contributed by atoms with Crippen LogP contribution < -0.4 is 10.6 Å². The highest BCUT2D eigenvalue weighted by Gasteiger charge is 2.18. The average Bonchev–Trinajstić information content (AvgIpc) is 3.07. The molecule has 0 aromatic heterocycles. The lowest BCUT2D eigenvalue weighted by Crippen LogP contribution is -2.32. The number of anilines is 1. The largest absolute Gasteiger partial charge is 0.381 e. The minimum Gasteiger partial charge on any atom is -0.381 e. The topological polar surface area (TPSA) is 76.7 Å². The summed E-state index contributed by atoms with van der Waals surface area (Å²) in [5.74, 6) is -0.376. The summed E-state index contributed by atoms with van der Waals surface area (Å²) in [6.45, 7) is 4.08. The van der Waals surface area contributed by atoms with Crippen molar-refractivity contribution >= 4 is 17.5 Å². The van der Waals surface area contributed by atoms with E-state index in [-0.39, 0.29) is 24.3 Å². The lowest BCUT2D eigenvalue weighted by molar-refractivity contribution is -0.117. The smallest absolute Gasteiger partial charge is 0.253 e. The Bertz CT molecular complexity index is 527. The van der Waals surface area contributed by atoms with Crippen molar-refractivity contribution in [1.29, 1.82) is 0 Å². The number of carbonyl (C=O) groups excluding carboxylic acids is 2. The normalized spacial score (nSPS) is 17.0. The summed E-state index contributed by atoms with van der Waals surface area (Å²) >= 11 is 0. The Morgan fingerprint density at radius 1 is 1.35 bits per heavy atom. The molecule has 126 valence electrons. The maximum atomic E-state index is 12.3. The average molecular weight is 320 g/mol. The monoisotopic (exact) mass is 320 g/mol. The van der Waals surface area contributed by atoms with E-state index in [4.69, 9.17) is 9.47 Å². The fraction of sp³-hybridized carbons (Fsp3) is 0.529. The minimum absolute atomic E-state index is 0.0897. The maximum Gasteiger partial charge on any atom is 0.253 e. The number of amides is 2. The molecule has 0 aliphatic carbocycles. The van der Waals surface area contributed by atoms with Gasteiger partial charge in [0.1, 0.15) is 0 Å². The molecule has 6 nitrogen and oxygen atoms in total. The van der Waals surface area contributed by atoms with Gasteiger partial charge in [0.25, 0.3) is 5.91 Å². The Hall–Kier alpha value is -1.92. The van der Waals surface area contributed by atoms with E-state index < -0.39 is 0 Å². The van der Waals surface area contributed by atoms with Crippen LogP contribution in [-0.2, 0) is 14.3 Å². The van der Waals surface area contributed by atoms with Crippen LogP contribution in [0.4, 0.5) is 5.69 Å². The zero-order valence-corrected chi connectivity index (χ0v) is 13.5. The van der Waals surface area contributed by atoms with Crippen LogP contribution in [0.5, 0.6) is 0 Å². The number of nitrogens with one attached hydrogen (secondary N) is 2. The molecule has 2 rings (SSSR count). The summed E-state index contributed by atoms with van der Waals surface area (Å²) in [7, 11) is 0. The van der Waals surface area contributed by atoms with E-state index in [1.54, 1.807) is 24.3 Å². The van der Waals surface area contributed by atoms with E-state index in [1.165, 1.54) is 0 Å². The summed E-state index contributed by atoms with van der Waals surface area (Å²) in [6, 6.07) is 6.98. The third-order valence-electron chi connectivity index (χ3n) is 3.64. The van der Waals surface area contributed by atoms with Gasteiger partial charge >= 0.3 is 0 Å². The first-order chi connectivity index (χ1) is 11.2. The standard InChI is InChI=1S/C17H24N2O4/c1-2-22-11-9-16(20)19-15-8-4-3-7-14(15)17(21)18-12-13-6-5-10-23-13/h3-4,7-8,13H,2,5-6,9-12H2,1H3,(H,18,21)(H,19,20). The third-order valence-corrected chi connectivity index (χ3v) is 3.64. The van der Waals surface area contributed by atoms with E-state index in [1.807, 2.05) is 6.92 Å². The molecular formula is C17H24N2O4. The zero-order valence-electron chi connectivity index (χ0n) is 13.5. The minimum atomic E-state index is -0.207. The molecule has 1 fully saturated rings. The first-order valence-electron chi connectivity index (χ1n) is 8.07. The second-order valence-corrected chi connectivity index (χ2v) is 5.39. The maximum absolute atomic E-state index is 12.3. The van der Waals surface area contributed by atoms with E-state index >= 15 is 0 Å². The molecule has 0 spiro atoms. The van der Waals surface area contributed by atoms with E-state index in [9.17, 15) is 9.59 Å². The number of benzene rings is 1. The van der Waals surface area contributed by atoms with Gasteiger partial charge in [-0.15, -0.1) is 0 Å². The molecule has 1 aromatic carbocycles. The number of hydrogen-bond donors (Lipinski definition) is 2. The number of rotatable bonds is 8. The molecule has 0 radical (unpaired) electrons. The van der Waals surface area contributed by atoms with Crippen molar-refractivity contribution in [2.75, 3.05) is 31.7 Å². The van der Waals surface area contributed by atoms with Gasteiger partial charge in [0, 0.05) is 19.8 Å². The number of ether oxygens (including phenoxy) is 2. The van der Waals surface area contributed by atoms with Crippen LogP contribution in [0.2, 0.25) is 0 Å². The summed E-state index contributed by atoms with van der Waals surface area (Å²) in [5.41, 5.74) is 0.967. The van der Waals surface area contributed by atoms with Gasteiger partial charge in [-0.3, -0.25) is 9.59 Å². The fourth-order valence-corrected chi connectivity index (χ4v) is 2.42. The highest BCUT2D eigenvalue weighted by atomic mass is 16.5. The van der Waals surface area contributed by atoms with Gasteiger partial charge < -0.3 is 20.1 Å². The summed E-state index contributed by atoms with van der Waals surface area (Å²) in [4.78, 5) is 24.2. The van der Waals surface area contributed by atoms with Crippen molar-refractivity contribution in [2.45, 2.75) is 32.3 Å². The van der Waals surface area contributed by atoms with Crippen molar-refractivity contribution in [3.05, 3.63) is 29.8 Å². The molecule has 6 heteroatoms. The van der Waals surface area contributed by atoms with Crippen molar-refractivity contribution in [3.8, 4) is 0 Å². The van der Waals surface area contributed by atoms with Crippen LogP contribution in [0.3, 0.4) is 0 Å². The Labute approximate surface area is 136 Å². The van der Waals surface area contributed by atoms with Gasteiger partial charge in [-0.05, 0) is 31.9 Å². The highest BCUT2D eigenvalue weighted by molar-refractivity contribution is 6.03.